The van der Waals surface area contributed by atoms with E-state index in [2.05, 4.69) is 5.32 Å². The van der Waals surface area contributed by atoms with Crippen molar-refractivity contribution in [1.82, 2.24) is 10.2 Å². The molecule has 0 aliphatic heterocycles. The van der Waals surface area contributed by atoms with Crippen molar-refractivity contribution in [1.29, 1.82) is 0 Å². The van der Waals surface area contributed by atoms with Crippen molar-refractivity contribution in [2.45, 2.75) is 57.1 Å². The SMILES string of the molecule is CC[C@@H](C)NC(=O)[C@@H](CC)N(Cc1ccc(Cl)cc1Cl)C(=O)CSc1ccccc1. The van der Waals surface area contributed by atoms with Gasteiger partial charge in [-0.3, -0.25) is 9.59 Å². The highest BCUT2D eigenvalue weighted by Gasteiger charge is 2.29. The molecule has 0 aliphatic carbocycles. The number of benzene rings is 2. The predicted molar refractivity (Wildman–Crippen MR) is 126 cm³/mol. The van der Waals surface area contributed by atoms with Gasteiger partial charge in [-0.25, -0.2) is 0 Å². The molecule has 0 bridgehead atoms. The summed E-state index contributed by atoms with van der Waals surface area (Å²) in [6.07, 6.45) is 1.33. The standard InChI is InChI=1S/C23H28Cl2N2O2S/c1-4-16(3)26-23(29)21(5-2)27(14-17-11-12-18(24)13-20(17)25)22(28)15-30-19-9-7-6-8-10-19/h6-13,16,21H,4-5,14-15H2,1-3H3,(H,26,29)/t16-,21-/m1/s1. The molecule has 30 heavy (non-hydrogen) atoms. The molecule has 0 unspecified atom stereocenters. The van der Waals surface area contributed by atoms with E-state index in [-0.39, 0.29) is 30.2 Å². The Morgan fingerprint density at radius 3 is 2.37 bits per heavy atom. The number of hydrogen-bond donors (Lipinski definition) is 1. The Morgan fingerprint density at radius 1 is 1.07 bits per heavy atom. The van der Waals surface area contributed by atoms with Gasteiger partial charge in [-0.1, -0.05) is 61.3 Å². The smallest absolute Gasteiger partial charge is 0.243 e. The average Bonchev–Trinajstić information content (AvgIpc) is 2.74. The van der Waals surface area contributed by atoms with Crippen molar-refractivity contribution in [3.8, 4) is 0 Å². The van der Waals surface area contributed by atoms with Gasteiger partial charge in [0.2, 0.25) is 11.8 Å². The summed E-state index contributed by atoms with van der Waals surface area (Å²) in [5, 5.41) is 4.02. The van der Waals surface area contributed by atoms with Crippen LogP contribution in [0, 0.1) is 0 Å². The molecule has 4 nitrogen and oxygen atoms in total. The third-order valence-electron chi connectivity index (χ3n) is 4.85. The highest BCUT2D eigenvalue weighted by molar-refractivity contribution is 8.00. The zero-order chi connectivity index (χ0) is 22.1. The third-order valence-corrected chi connectivity index (χ3v) is 6.43. The summed E-state index contributed by atoms with van der Waals surface area (Å²) in [4.78, 5) is 28.8. The lowest BCUT2D eigenvalue weighted by atomic mass is 10.1. The second-order valence-electron chi connectivity index (χ2n) is 7.10. The van der Waals surface area contributed by atoms with E-state index >= 15 is 0 Å². The third kappa shape index (κ3) is 7.22. The first-order valence-corrected chi connectivity index (χ1v) is 11.8. The summed E-state index contributed by atoms with van der Waals surface area (Å²) < 4.78 is 0. The van der Waals surface area contributed by atoms with Gasteiger partial charge in [0.1, 0.15) is 6.04 Å². The van der Waals surface area contributed by atoms with Crippen LogP contribution in [0.2, 0.25) is 10.0 Å². The summed E-state index contributed by atoms with van der Waals surface area (Å²) in [5.41, 5.74) is 0.758. The molecule has 2 atom stereocenters. The number of carbonyl (C=O) groups is 2. The Morgan fingerprint density at radius 2 is 1.77 bits per heavy atom. The Labute approximate surface area is 193 Å². The fourth-order valence-corrected chi connectivity index (χ4v) is 4.21. The Kier molecular flexibility index (Phi) is 10.0. The fourth-order valence-electron chi connectivity index (χ4n) is 2.94. The van der Waals surface area contributed by atoms with Gasteiger partial charge in [0, 0.05) is 27.5 Å². The van der Waals surface area contributed by atoms with Gasteiger partial charge in [0.25, 0.3) is 0 Å². The lowest BCUT2D eigenvalue weighted by Crippen LogP contribution is -2.51. The molecule has 2 aromatic carbocycles. The summed E-state index contributed by atoms with van der Waals surface area (Å²) in [6.45, 7) is 6.13. The molecular formula is C23H28Cl2N2O2S. The van der Waals surface area contributed by atoms with Crippen molar-refractivity contribution in [2.24, 2.45) is 0 Å². The zero-order valence-corrected chi connectivity index (χ0v) is 19.9. The summed E-state index contributed by atoms with van der Waals surface area (Å²) in [5.74, 6) is -0.0153. The van der Waals surface area contributed by atoms with Crippen LogP contribution in [0.4, 0.5) is 0 Å². The molecule has 0 saturated heterocycles. The van der Waals surface area contributed by atoms with Crippen LogP contribution in [0.25, 0.3) is 0 Å². The van der Waals surface area contributed by atoms with Crippen LogP contribution in [-0.2, 0) is 16.1 Å². The molecule has 0 saturated carbocycles. The molecule has 2 amide bonds. The van der Waals surface area contributed by atoms with E-state index in [1.807, 2.05) is 51.1 Å². The summed E-state index contributed by atoms with van der Waals surface area (Å²) in [6, 6.07) is 14.4. The van der Waals surface area contributed by atoms with Crippen LogP contribution in [0.15, 0.2) is 53.4 Å². The minimum Gasteiger partial charge on any atom is -0.352 e. The summed E-state index contributed by atoms with van der Waals surface area (Å²) >= 11 is 13.8. The van der Waals surface area contributed by atoms with E-state index in [1.165, 1.54) is 11.8 Å². The zero-order valence-electron chi connectivity index (χ0n) is 17.5. The van der Waals surface area contributed by atoms with Gasteiger partial charge >= 0.3 is 0 Å². The molecule has 7 heteroatoms. The van der Waals surface area contributed by atoms with Crippen LogP contribution in [0.1, 0.15) is 39.2 Å². The molecule has 2 rings (SSSR count). The molecule has 2 aromatic rings. The predicted octanol–water partition coefficient (Wildman–Crippen LogP) is 5.81. The first-order chi connectivity index (χ1) is 14.3. The van der Waals surface area contributed by atoms with E-state index in [1.54, 1.807) is 23.1 Å². The molecular weight excluding hydrogens is 439 g/mol. The molecule has 1 N–H and O–H groups in total. The van der Waals surface area contributed by atoms with Gasteiger partial charge < -0.3 is 10.2 Å². The first-order valence-electron chi connectivity index (χ1n) is 10.1. The van der Waals surface area contributed by atoms with Crippen LogP contribution in [0.5, 0.6) is 0 Å². The normalized spacial score (nSPS) is 12.8. The van der Waals surface area contributed by atoms with Gasteiger partial charge in [0.15, 0.2) is 0 Å². The molecule has 0 radical (unpaired) electrons. The van der Waals surface area contributed by atoms with Crippen LogP contribution < -0.4 is 5.32 Å². The van der Waals surface area contributed by atoms with E-state index < -0.39 is 6.04 Å². The lowest BCUT2D eigenvalue weighted by Gasteiger charge is -2.31. The number of halogens is 2. The number of nitrogens with one attached hydrogen (secondary N) is 1. The number of carbonyl (C=O) groups excluding carboxylic acids is 2. The van der Waals surface area contributed by atoms with E-state index in [0.29, 0.717) is 16.5 Å². The quantitative estimate of drug-likeness (QED) is 0.449. The topological polar surface area (TPSA) is 49.4 Å². The number of thioether (sulfide) groups is 1. The van der Waals surface area contributed by atoms with E-state index in [4.69, 9.17) is 23.2 Å². The van der Waals surface area contributed by atoms with Gasteiger partial charge in [-0.05, 0) is 49.6 Å². The van der Waals surface area contributed by atoms with Crippen molar-refractivity contribution in [3.05, 3.63) is 64.1 Å². The number of hydrogen-bond acceptors (Lipinski definition) is 3. The van der Waals surface area contributed by atoms with Gasteiger partial charge in [-0.2, -0.15) is 0 Å². The minimum atomic E-state index is -0.574. The summed E-state index contributed by atoms with van der Waals surface area (Å²) in [7, 11) is 0. The molecule has 0 heterocycles. The van der Waals surface area contributed by atoms with E-state index in [9.17, 15) is 9.59 Å². The van der Waals surface area contributed by atoms with Crippen LogP contribution >= 0.6 is 35.0 Å². The lowest BCUT2D eigenvalue weighted by molar-refractivity contribution is -0.139. The number of nitrogens with zero attached hydrogens (tertiary/aromatic N) is 1. The Balaban J connectivity index is 2.24. The second kappa shape index (κ2) is 12.2. The number of rotatable bonds is 10. The highest BCUT2D eigenvalue weighted by atomic mass is 35.5. The maximum atomic E-state index is 13.2. The Hall–Kier alpha value is -1.69. The molecule has 0 aliphatic rings. The average molecular weight is 467 g/mol. The van der Waals surface area contributed by atoms with Crippen LogP contribution in [0.3, 0.4) is 0 Å². The van der Waals surface area contributed by atoms with Crippen molar-refractivity contribution < 1.29 is 9.59 Å². The monoisotopic (exact) mass is 466 g/mol. The van der Waals surface area contributed by atoms with E-state index in [0.717, 1.165) is 16.9 Å². The Bertz CT molecular complexity index is 848. The minimum absolute atomic E-state index is 0.0429. The van der Waals surface area contributed by atoms with Gasteiger partial charge in [0.05, 0.1) is 5.75 Å². The molecule has 0 aromatic heterocycles. The van der Waals surface area contributed by atoms with Crippen molar-refractivity contribution >= 4 is 46.8 Å². The van der Waals surface area contributed by atoms with Crippen molar-refractivity contribution in [2.75, 3.05) is 5.75 Å². The second-order valence-corrected chi connectivity index (χ2v) is 8.99. The maximum absolute atomic E-state index is 13.2. The molecule has 162 valence electrons. The molecule has 0 fully saturated rings. The van der Waals surface area contributed by atoms with Crippen molar-refractivity contribution in [3.63, 3.8) is 0 Å². The van der Waals surface area contributed by atoms with Crippen LogP contribution in [-0.4, -0.2) is 34.6 Å². The number of amides is 2. The first kappa shape index (κ1) is 24.6. The van der Waals surface area contributed by atoms with Gasteiger partial charge in [-0.15, -0.1) is 11.8 Å². The highest BCUT2D eigenvalue weighted by Crippen LogP contribution is 2.25. The largest absolute Gasteiger partial charge is 0.352 e. The molecule has 0 spiro atoms. The fraction of sp³-hybridized carbons (Fsp3) is 0.391. The maximum Gasteiger partial charge on any atom is 0.243 e.